The minimum Gasteiger partial charge on any atom is -0.300 e. The van der Waals surface area contributed by atoms with Crippen LogP contribution in [-0.2, 0) is 4.79 Å². The Bertz CT molecular complexity index is 272. The number of ketones is 1. The van der Waals surface area contributed by atoms with E-state index >= 15 is 0 Å². The van der Waals surface area contributed by atoms with E-state index < -0.39 is 0 Å². The lowest BCUT2D eigenvalue weighted by Crippen LogP contribution is -2.21. The van der Waals surface area contributed by atoms with Gasteiger partial charge < -0.3 is 0 Å². The van der Waals surface area contributed by atoms with Crippen LogP contribution in [-0.4, -0.2) is 17.0 Å². The second-order valence-corrected chi connectivity index (χ2v) is 5.10. The number of carbonyl (C=O) groups is 1. The Kier molecular flexibility index (Phi) is 2.46. The van der Waals surface area contributed by atoms with Crippen molar-refractivity contribution in [3.8, 4) is 0 Å². The van der Waals surface area contributed by atoms with Gasteiger partial charge in [0.2, 0.25) is 0 Å². The van der Waals surface area contributed by atoms with Crippen LogP contribution in [0.4, 0.5) is 0 Å². The van der Waals surface area contributed by atoms with E-state index in [1.54, 1.807) is 6.92 Å². The number of fused-ring (bicyclic) bond motifs is 2. The van der Waals surface area contributed by atoms with Crippen LogP contribution in [0.5, 0.6) is 0 Å². The monoisotopic (exact) mass is 193 g/mol. The predicted molar refractivity (Wildman–Crippen MR) is 57.7 cm³/mol. The third-order valence-corrected chi connectivity index (χ3v) is 3.64. The molecule has 2 heteroatoms. The predicted octanol–water partition coefficient (Wildman–Crippen LogP) is 2.76. The van der Waals surface area contributed by atoms with Crippen LogP contribution < -0.4 is 0 Å². The second-order valence-electron chi connectivity index (χ2n) is 5.10. The highest BCUT2D eigenvalue weighted by Gasteiger charge is 2.44. The zero-order valence-corrected chi connectivity index (χ0v) is 9.18. The number of aliphatic imine (C=N–C) groups is 1. The first-order chi connectivity index (χ1) is 6.60. The van der Waals surface area contributed by atoms with Crippen molar-refractivity contribution in [2.24, 2.45) is 10.9 Å². The van der Waals surface area contributed by atoms with Crippen LogP contribution in [0.25, 0.3) is 0 Å². The van der Waals surface area contributed by atoms with Gasteiger partial charge in [0.15, 0.2) is 0 Å². The van der Waals surface area contributed by atoms with E-state index in [4.69, 9.17) is 4.99 Å². The molecule has 2 fully saturated rings. The number of nitrogens with zero attached hydrogens (tertiary/aromatic N) is 1. The molecule has 78 valence electrons. The van der Waals surface area contributed by atoms with E-state index in [2.05, 4.69) is 0 Å². The van der Waals surface area contributed by atoms with Crippen molar-refractivity contribution in [3.05, 3.63) is 0 Å². The highest BCUT2D eigenvalue weighted by molar-refractivity contribution is 5.99. The minimum absolute atomic E-state index is 0.232. The van der Waals surface area contributed by atoms with Gasteiger partial charge in [0.25, 0.3) is 0 Å². The number of carbonyl (C=O) groups excluding carboxylic acids is 1. The molecule has 2 saturated carbocycles. The molecule has 0 N–H and O–H groups in total. The van der Waals surface area contributed by atoms with Gasteiger partial charge in [-0.1, -0.05) is 0 Å². The van der Waals surface area contributed by atoms with Gasteiger partial charge in [0, 0.05) is 12.1 Å². The molecule has 0 spiro atoms. The van der Waals surface area contributed by atoms with Crippen molar-refractivity contribution in [3.63, 3.8) is 0 Å². The van der Waals surface area contributed by atoms with Crippen molar-refractivity contribution in [2.75, 3.05) is 0 Å². The standard InChI is InChI=1S/C12H19NO/c1-9(7-10(2)14)13-12-5-3-11(8-12)4-6-12/h11H,3-8H2,1-2H3. The van der Waals surface area contributed by atoms with Crippen LogP contribution in [0, 0.1) is 5.92 Å². The largest absolute Gasteiger partial charge is 0.300 e. The van der Waals surface area contributed by atoms with E-state index in [-0.39, 0.29) is 11.3 Å². The van der Waals surface area contributed by atoms with Gasteiger partial charge in [-0.05, 0) is 51.9 Å². The molecule has 2 aliphatic carbocycles. The molecule has 14 heavy (non-hydrogen) atoms. The van der Waals surface area contributed by atoms with Crippen LogP contribution in [0.15, 0.2) is 4.99 Å². The number of hydrogen-bond acceptors (Lipinski definition) is 2. The van der Waals surface area contributed by atoms with Crippen LogP contribution in [0.2, 0.25) is 0 Å². The maximum absolute atomic E-state index is 11.0. The summed E-state index contributed by atoms with van der Waals surface area (Å²) in [7, 11) is 0. The summed E-state index contributed by atoms with van der Waals surface area (Å²) in [6, 6.07) is 0. The lowest BCUT2D eigenvalue weighted by molar-refractivity contribution is -0.115. The molecule has 0 amide bonds. The molecular weight excluding hydrogens is 174 g/mol. The summed E-state index contributed by atoms with van der Waals surface area (Å²) < 4.78 is 0. The van der Waals surface area contributed by atoms with E-state index in [9.17, 15) is 4.79 Å². The van der Waals surface area contributed by atoms with E-state index in [1.807, 2.05) is 6.92 Å². The lowest BCUT2D eigenvalue weighted by atomic mass is 9.94. The zero-order valence-electron chi connectivity index (χ0n) is 9.18. The van der Waals surface area contributed by atoms with E-state index in [1.165, 1.54) is 32.1 Å². The molecule has 0 unspecified atom stereocenters. The van der Waals surface area contributed by atoms with Crippen molar-refractivity contribution < 1.29 is 4.79 Å². The van der Waals surface area contributed by atoms with Gasteiger partial charge in [-0.3, -0.25) is 9.79 Å². The van der Waals surface area contributed by atoms with Crippen LogP contribution in [0.3, 0.4) is 0 Å². The summed E-state index contributed by atoms with van der Waals surface area (Å²) >= 11 is 0. The number of rotatable bonds is 3. The quantitative estimate of drug-likeness (QED) is 0.634. The van der Waals surface area contributed by atoms with Crippen molar-refractivity contribution in [2.45, 2.75) is 57.9 Å². The Labute approximate surface area is 85.8 Å². The van der Waals surface area contributed by atoms with Gasteiger partial charge in [0.1, 0.15) is 5.78 Å². The molecule has 0 aromatic carbocycles. The zero-order chi connectivity index (χ0) is 10.2. The molecule has 0 aromatic heterocycles. The van der Waals surface area contributed by atoms with Crippen molar-refractivity contribution >= 4 is 11.5 Å². The van der Waals surface area contributed by atoms with Crippen molar-refractivity contribution in [1.82, 2.24) is 0 Å². The molecule has 2 nitrogen and oxygen atoms in total. The Morgan fingerprint density at radius 1 is 1.36 bits per heavy atom. The Balaban J connectivity index is 2.04. The lowest BCUT2D eigenvalue weighted by Gasteiger charge is -2.22. The first kappa shape index (κ1) is 9.88. The fourth-order valence-electron chi connectivity index (χ4n) is 3.12. The molecule has 2 rings (SSSR count). The maximum Gasteiger partial charge on any atom is 0.135 e. The molecule has 2 aliphatic rings. The number of Topliss-reactive ketones (excluding diaryl/α,β-unsaturated/α-hetero) is 1. The molecule has 0 radical (unpaired) electrons. The fraction of sp³-hybridized carbons (Fsp3) is 0.833. The second kappa shape index (κ2) is 3.48. The minimum atomic E-state index is 0.232. The van der Waals surface area contributed by atoms with Gasteiger partial charge in [0.05, 0.1) is 5.54 Å². The third kappa shape index (κ3) is 1.89. The topological polar surface area (TPSA) is 29.4 Å². The summed E-state index contributed by atoms with van der Waals surface area (Å²) in [5.41, 5.74) is 1.30. The Hall–Kier alpha value is -0.660. The highest BCUT2D eigenvalue weighted by Crippen LogP contribution is 2.50. The van der Waals surface area contributed by atoms with Gasteiger partial charge in [-0.15, -0.1) is 0 Å². The van der Waals surface area contributed by atoms with Gasteiger partial charge in [-0.25, -0.2) is 0 Å². The Morgan fingerprint density at radius 3 is 2.43 bits per heavy atom. The summed E-state index contributed by atoms with van der Waals surface area (Å²) in [4.78, 5) is 15.8. The first-order valence-electron chi connectivity index (χ1n) is 5.64. The molecular formula is C12H19NO. The summed E-state index contributed by atoms with van der Waals surface area (Å²) in [5, 5.41) is 0. The molecule has 0 heterocycles. The maximum atomic E-state index is 11.0. The van der Waals surface area contributed by atoms with Gasteiger partial charge in [-0.2, -0.15) is 0 Å². The highest BCUT2D eigenvalue weighted by atomic mass is 16.1. The molecule has 0 aromatic rings. The molecule has 0 saturated heterocycles. The number of hydrogen-bond donors (Lipinski definition) is 0. The fourth-order valence-corrected chi connectivity index (χ4v) is 3.12. The first-order valence-corrected chi connectivity index (χ1v) is 5.64. The van der Waals surface area contributed by atoms with E-state index in [0.29, 0.717) is 6.42 Å². The third-order valence-electron chi connectivity index (χ3n) is 3.64. The average Bonchev–Trinajstić information content (AvgIpc) is 2.60. The van der Waals surface area contributed by atoms with E-state index in [0.717, 1.165) is 11.6 Å². The molecule has 2 bridgehead atoms. The van der Waals surface area contributed by atoms with Crippen LogP contribution in [0.1, 0.15) is 52.4 Å². The van der Waals surface area contributed by atoms with Crippen molar-refractivity contribution in [1.29, 1.82) is 0 Å². The molecule has 0 aliphatic heterocycles. The summed E-state index contributed by atoms with van der Waals surface area (Å²) in [5.74, 6) is 1.17. The summed E-state index contributed by atoms with van der Waals surface area (Å²) in [6.07, 6.45) is 7.06. The average molecular weight is 193 g/mol. The Morgan fingerprint density at radius 2 is 2.00 bits per heavy atom. The molecule has 0 atom stereocenters. The SMILES string of the molecule is CC(=O)CC(C)=NC12CCC(CC1)C2. The van der Waals surface area contributed by atoms with Gasteiger partial charge >= 0.3 is 0 Å². The smallest absolute Gasteiger partial charge is 0.135 e. The normalized spacial score (nSPS) is 36.4. The summed E-state index contributed by atoms with van der Waals surface area (Å²) in [6.45, 7) is 3.64. The van der Waals surface area contributed by atoms with Crippen LogP contribution >= 0.6 is 0 Å².